The number of hydrogen-bond donors (Lipinski definition) is 0. The molecule has 2 rings (SSSR count). The lowest BCUT2D eigenvalue weighted by Crippen LogP contribution is -3.00. The second-order valence-electron chi connectivity index (χ2n) is 3.62. The van der Waals surface area contributed by atoms with Crippen LogP contribution in [0.5, 0.6) is 0 Å². The Labute approximate surface area is 108 Å². The van der Waals surface area contributed by atoms with Gasteiger partial charge in [0.05, 0.1) is 0 Å². The normalized spacial score (nSPS) is 8.71. The van der Waals surface area contributed by atoms with E-state index in [1.54, 1.807) is 0 Å². The van der Waals surface area contributed by atoms with Gasteiger partial charge in [-0.25, -0.2) is 0 Å². The van der Waals surface area contributed by atoms with Crippen LogP contribution in [0.25, 0.3) is 4.85 Å². The van der Waals surface area contributed by atoms with Crippen LogP contribution in [0.4, 0.5) is 0 Å². The average Bonchev–Trinajstić information content (AvgIpc) is 2.37. The fourth-order valence-electron chi connectivity index (χ4n) is 1.47. The van der Waals surface area contributed by atoms with Crippen molar-refractivity contribution in [3.8, 4) is 6.07 Å². The molecule has 0 amide bonds. The van der Waals surface area contributed by atoms with Gasteiger partial charge in [0, 0.05) is 5.56 Å². The summed E-state index contributed by atoms with van der Waals surface area (Å²) in [5, 5.41) is 0. The molecular weight excluding hydrogens is 230 g/mol. The van der Waals surface area contributed by atoms with Gasteiger partial charge in [0.1, 0.15) is 6.42 Å². The van der Waals surface area contributed by atoms with Gasteiger partial charge in [0.2, 0.25) is 0 Å². The summed E-state index contributed by atoms with van der Waals surface area (Å²) in [6, 6.07) is 23.6. The topological polar surface area (TPSA) is 4.36 Å². The van der Waals surface area contributed by atoms with Crippen LogP contribution in [-0.2, 0) is 13.0 Å². The minimum Gasteiger partial charge on any atom is -1.00 e. The monoisotopic (exact) mass is 243 g/mol. The first kappa shape index (κ1) is 13.3. The highest BCUT2D eigenvalue weighted by atomic mass is 35.5. The molecule has 0 N–H and O–H groups in total. The van der Waals surface area contributed by atoms with Gasteiger partial charge in [-0.3, -0.25) is 0 Å². The van der Waals surface area contributed by atoms with Crippen molar-refractivity contribution in [3.05, 3.63) is 76.6 Å². The highest BCUT2D eigenvalue weighted by Gasteiger charge is 1.96. The molecule has 2 heteroatoms. The molecule has 0 radical (unpaired) electrons. The van der Waals surface area contributed by atoms with Gasteiger partial charge >= 0.3 is 0 Å². The summed E-state index contributed by atoms with van der Waals surface area (Å²) in [6.45, 7) is 0.716. The summed E-state index contributed by atoms with van der Waals surface area (Å²) in [5.41, 5.74) is 2.47. The zero-order valence-electron chi connectivity index (χ0n) is 9.51. The van der Waals surface area contributed by atoms with Gasteiger partial charge in [0.25, 0.3) is 12.6 Å². The van der Waals surface area contributed by atoms with Crippen molar-refractivity contribution in [3.63, 3.8) is 0 Å². The Balaban J connectivity index is 0.00000144. The van der Waals surface area contributed by atoms with Gasteiger partial charge in [-0.15, -0.1) is 0 Å². The van der Waals surface area contributed by atoms with Crippen LogP contribution in [0.1, 0.15) is 11.1 Å². The molecular formula is C15H14ClN. The van der Waals surface area contributed by atoms with E-state index in [4.69, 9.17) is 0 Å². The average molecular weight is 244 g/mol. The predicted octanol–water partition coefficient (Wildman–Crippen LogP) is 0.766. The summed E-state index contributed by atoms with van der Waals surface area (Å²) < 4.78 is 0. The van der Waals surface area contributed by atoms with Crippen molar-refractivity contribution < 1.29 is 12.4 Å². The molecule has 0 aliphatic carbocycles. The fourth-order valence-corrected chi connectivity index (χ4v) is 1.47. The van der Waals surface area contributed by atoms with E-state index in [-0.39, 0.29) is 12.4 Å². The molecule has 0 unspecified atom stereocenters. The van der Waals surface area contributed by atoms with E-state index in [2.05, 4.69) is 35.2 Å². The van der Waals surface area contributed by atoms with Crippen LogP contribution >= 0.6 is 0 Å². The van der Waals surface area contributed by atoms with Crippen molar-refractivity contribution in [1.82, 2.24) is 0 Å². The van der Waals surface area contributed by atoms with E-state index in [1.807, 2.05) is 36.4 Å². The van der Waals surface area contributed by atoms with Gasteiger partial charge in [0.15, 0.2) is 0 Å². The van der Waals surface area contributed by atoms with Gasteiger partial charge in [-0.1, -0.05) is 65.5 Å². The molecule has 0 aliphatic rings. The van der Waals surface area contributed by atoms with E-state index >= 15 is 0 Å². The Hall–Kier alpha value is -1.78. The molecule has 0 saturated heterocycles. The van der Waals surface area contributed by atoms with Gasteiger partial charge < -0.3 is 12.4 Å². The molecule has 0 aliphatic heterocycles. The van der Waals surface area contributed by atoms with E-state index in [0.717, 1.165) is 6.42 Å². The molecule has 2 aromatic carbocycles. The Morgan fingerprint density at radius 2 is 1.29 bits per heavy atom. The standard InChI is InChI=1S/C15H14N.ClH/c1-3-7-14(8-4-1)11-12-16-13-15-9-5-2-6-10-15;/h1-10H,11,13H2;1H/q+1;/p-1. The number of rotatable bonds is 2. The third-order valence-corrected chi connectivity index (χ3v) is 2.34. The van der Waals surface area contributed by atoms with Crippen molar-refractivity contribution in [2.75, 3.05) is 0 Å². The second-order valence-corrected chi connectivity index (χ2v) is 3.62. The Morgan fingerprint density at radius 3 is 1.88 bits per heavy atom. The first-order chi connectivity index (χ1) is 7.95. The lowest BCUT2D eigenvalue weighted by molar-refractivity contribution is -0.00000320. The quantitative estimate of drug-likeness (QED) is 0.734. The van der Waals surface area contributed by atoms with Crippen LogP contribution in [0.3, 0.4) is 0 Å². The third-order valence-electron chi connectivity index (χ3n) is 2.34. The number of benzene rings is 2. The highest BCUT2D eigenvalue weighted by molar-refractivity contribution is 5.20. The number of halogens is 1. The van der Waals surface area contributed by atoms with E-state index < -0.39 is 0 Å². The van der Waals surface area contributed by atoms with Gasteiger partial charge in [-0.2, -0.15) is 0 Å². The minimum atomic E-state index is 0. The maximum Gasteiger partial charge on any atom is 0.288 e. The van der Waals surface area contributed by atoms with Crippen LogP contribution in [-0.4, -0.2) is 0 Å². The summed E-state index contributed by atoms with van der Waals surface area (Å²) in [4.78, 5) is 4.29. The lowest BCUT2D eigenvalue weighted by atomic mass is 10.2. The largest absolute Gasteiger partial charge is 1.00 e. The highest BCUT2D eigenvalue weighted by Crippen LogP contribution is 2.01. The Kier molecular flexibility index (Phi) is 5.85. The molecule has 0 bridgehead atoms. The fraction of sp³-hybridized carbons (Fsp3) is 0.133. The Morgan fingerprint density at radius 1 is 0.765 bits per heavy atom. The zero-order chi connectivity index (χ0) is 11.1. The molecule has 0 heterocycles. The van der Waals surface area contributed by atoms with E-state index in [0.29, 0.717) is 6.54 Å². The summed E-state index contributed by atoms with van der Waals surface area (Å²) >= 11 is 0. The summed E-state index contributed by atoms with van der Waals surface area (Å²) in [6.07, 6.45) is 0.785. The molecule has 0 saturated carbocycles. The van der Waals surface area contributed by atoms with Crippen molar-refractivity contribution in [1.29, 1.82) is 0 Å². The SMILES string of the molecule is C(Cc1ccccc1)#[N+]Cc1ccccc1.[Cl-]. The summed E-state index contributed by atoms with van der Waals surface area (Å²) in [5.74, 6) is 0. The predicted molar refractivity (Wildman–Crippen MR) is 67.5 cm³/mol. The number of hydrogen-bond acceptors (Lipinski definition) is 0. The molecule has 17 heavy (non-hydrogen) atoms. The first-order valence-corrected chi connectivity index (χ1v) is 5.42. The van der Waals surface area contributed by atoms with E-state index in [9.17, 15) is 0 Å². The Bertz CT molecular complexity index is 437. The van der Waals surface area contributed by atoms with Gasteiger partial charge in [-0.05, 0) is 5.56 Å². The lowest BCUT2D eigenvalue weighted by Gasteiger charge is -1.87. The first-order valence-electron chi connectivity index (χ1n) is 5.42. The smallest absolute Gasteiger partial charge is 0.288 e. The zero-order valence-corrected chi connectivity index (χ0v) is 10.3. The summed E-state index contributed by atoms with van der Waals surface area (Å²) in [7, 11) is 0. The van der Waals surface area contributed by atoms with E-state index in [1.165, 1.54) is 11.1 Å². The molecule has 1 nitrogen and oxygen atoms in total. The van der Waals surface area contributed by atoms with Crippen molar-refractivity contribution in [2.24, 2.45) is 0 Å². The molecule has 2 aromatic rings. The maximum absolute atomic E-state index is 4.29. The second kappa shape index (κ2) is 7.49. The molecule has 86 valence electrons. The molecule has 0 spiro atoms. The molecule has 0 fully saturated rings. The van der Waals surface area contributed by atoms with Crippen molar-refractivity contribution in [2.45, 2.75) is 13.0 Å². The van der Waals surface area contributed by atoms with Crippen LogP contribution < -0.4 is 12.4 Å². The van der Waals surface area contributed by atoms with Crippen LogP contribution in [0.15, 0.2) is 60.7 Å². The maximum atomic E-state index is 4.29. The van der Waals surface area contributed by atoms with Crippen LogP contribution in [0, 0.1) is 6.07 Å². The molecule has 0 atom stereocenters. The van der Waals surface area contributed by atoms with Crippen molar-refractivity contribution >= 4 is 0 Å². The van der Waals surface area contributed by atoms with Crippen LogP contribution in [0.2, 0.25) is 0 Å². The molecule has 0 aromatic heterocycles. The third kappa shape index (κ3) is 4.72. The number of nitrogens with zero attached hydrogens (tertiary/aromatic N) is 1. The minimum absolute atomic E-state index is 0.